The third-order valence-corrected chi connectivity index (χ3v) is 3.89. The van der Waals surface area contributed by atoms with Crippen molar-refractivity contribution in [2.24, 2.45) is 11.7 Å². The Morgan fingerprint density at radius 3 is 2.91 bits per heavy atom. The van der Waals surface area contributed by atoms with Crippen LogP contribution in [-0.4, -0.2) is 35.9 Å². The van der Waals surface area contributed by atoms with Gasteiger partial charge in [-0.25, -0.2) is 4.39 Å². The second kappa shape index (κ2) is 7.24. The monoisotopic (exact) mass is 308 g/mol. The number of likely N-dealkylation sites (tertiary alicyclic amines) is 1. The molecule has 0 unspecified atom stereocenters. The minimum Gasteiger partial charge on any atom is -0.493 e. The van der Waals surface area contributed by atoms with E-state index >= 15 is 0 Å². The fourth-order valence-corrected chi connectivity index (χ4v) is 2.67. The van der Waals surface area contributed by atoms with Crippen molar-refractivity contribution in [1.82, 2.24) is 4.90 Å². The molecule has 0 radical (unpaired) electrons. The molecule has 0 spiro atoms. The highest BCUT2D eigenvalue weighted by molar-refractivity contribution is 5.86. The van der Waals surface area contributed by atoms with Gasteiger partial charge in [-0.3, -0.25) is 9.59 Å². The molecule has 0 aliphatic carbocycles. The first-order valence-electron chi connectivity index (χ1n) is 7.44. The van der Waals surface area contributed by atoms with Crippen molar-refractivity contribution in [3.63, 3.8) is 0 Å². The average Bonchev–Trinajstić information content (AvgIpc) is 2.47. The lowest BCUT2D eigenvalue weighted by Gasteiger charge is -2.36. The van der Waals surface area contributed by atoms with Crippen LogP contribution >= 0.6 is 0 Å². The predicted molar refractivity (Wildman–Crippen MR) is 79.6 cm³/mol. The predicted octanol–water partition coefficient (Wildman–Crippen LogP) is 1.71. The first-order valence-corrected chi connectivity index (χ1v) is 7.44. The summed E-state index contributed by atoms with van der Waals surface area (Å²) in [5, 5.41) is 0. The van der Waals surface area contributed by atoms with Gasteiger partial charge in [-0.05, 0) is 30.9 Å². The quantitative estimate of drug-likeness (QED) is 0.900. The molecule has 120 valence electrons. The lowest BCUT2D eigenvalue weighted by atomic mass is 9.92. The number of primary amides is 1. The summed E-state index contributed by atoms with van der Waals surface area (Å²) in [5.41, 5.74) is 5.39. The molecular weight excluding hydrogens is 287 g/mol. The van der Waals surface area contributed by atoms with E-state index in [-0.39, 0.29) is 24.8 Å². The molecule has 2 amide bonds. The number of nitrogens with two attached hydrogens (primary N) is 1. The average molecular weight is 308 g/mol. The van der Waals surface area contributed by atoms with Crippen LogP contribution in [0.4, 0.5) is 4.39 Å². The van der Waals surface area contributed by atoms with Crippen LogP contribution in [0.25, 0.3) is 0 Å². The Balaban J connectivity index is 1.87. The van der Waals surface area contributed by atoms with Gasteiger partial charge in [0, 0.05) is 12.6 Å². The number of carbonyl (C=O) groups is 2. The van der Waals surface area contributed by atoms with Gasteiger partial charge in [0.25, 0.3) is 0 Å². The van der Waals surface area contributed by atoms with Gasteiger partial charge in [0.2, 0.25) is 11.8 Å². The summed E-state index contributed by atoms with van der Waals surface area (Å²) in [6.07, 6.45) is 1.60. The van der Waals surface area contributed by atoms with E-state index in [9.17, 15) is 14.0 Å². The van der Waals surface area contributed by atoms with Crippen LogP contribution in [0.2, 0.25) is 0 Å². The number of rotatable bonds is 5. The van der Waals surface area contributed by atoms with Gasteiger partial charge in [-0.15, -0.1) is 0 Å². The number of amides is 2. The lowest BCUT2D eigenvalue weighted by Crippen LogP contribution is -2.52. The summed E-state index contributed by atoms with van der Waals surface area (Å²) in [5.74, 6) is -0.252. The Morgan fingerprint density at radius 2 is 2.23 bits per heavy atom. The van der Waals surface area contributed by atoms with E-state index in [0.29, 0.717) is 24.6 Å². The largest absolute Gasteiger partial charge is 0.493 e. The molecule has 1 aromatic carbocycles. The third-order valence-electron chi connectivity index (χ3n) is 3.89. The normalized spacial score (nSPS) is 21.5. The summed E-state index contributed by atoms with van der Waals surface area (Å²) in [6, 6.07) is 5.22. The number of hydrogen-bond acceptors (Lipinski definition) is 3. The number of ether oxygens (including phenoxy) is 1. The zero-order chi connectivity index (χ0) is 16.1. The molecule has 2 rings (SSSR count). The minimum atomic E-state index is -0.537. The highest BCUT2D eigenvalue weighted by Crippen LogP contribution is 2.23. The van der Waals surface area contributed by atoms with E-state index in [1.54, 1.807) is 12.1 Å². The molecule has 0 aromatic heterocycles. The molecule has 1 fully saturated rings. The third kappa shape index (κ3) is 4.19. The van der Waals surface area contributed by atoms with Gasteiger partial charge in [0.05, 0.1) is 13.0 Å². The molecule has 6 heteroatoms. The molecule has 5 nitrogen and oxygen atoms in total. The van der Waals surface area contributed by atoms with Crippen molar-refractivity contribution in [3.8, 4) is 5.75 Å². The fraction of sp³-hybridized carbons (Fsp3) is 0.500. The summed E-state index contributed by atoms with van der Waals surface area (Å²) in [7, 11) is 0. The number of halogens is 1. The number of nitrogens with zero attached hydrogens (tertiary/aromatic N) is 1. The van der Waals surface area contributed by atoms with E-state index in [1.165, 1.54) is 17.0 Å². The maximum atomic E-state index is 13.0. The van der Waals surface area contributed by atoms with Crippen LogP contribution in [0.3, 0.4) is 0 Å². The summed E-state index contributed by atoms with van der Waals surface area (Å²) in [4.78, 5) is 25.3. The van der Waals surface area contributed by atoms with E-state index < -0.39 is 11.9 Å². The number of hydrogen-bond donors (Lipinski definition) is 1. The maximum absolute atomic E-state index is 13.0. The highest BCUT2D eigenvalue weighted by atomic mass is 19.1. The van der Waals surface area contributed by atoms with E-state index in [0.717, 1.165) is 6.42 Å². The SMILES string of the molecule is C[C@@H]1CCN(C(=O)CCOc2cccc(F)c2)[C@H](C(N)=O)C1. The zero-order valence-corrected chi connectivity index (χ0v) is 12.6. The molecule has 0 saturated carbocycles. The maximum Gasteiger partial charge on any atom is 0.240 e. The van der Waals surface area contributed by atoms with Gasteiger partial charge >= 0.3 is 0 Å². The lowest BCUT2D eigenvalue weighted by molar-refractivity contribution is -0.142. The molecule has 1 saturated heterocycles. The number of piperidine rings is 1. The first kappa shape index (κ1) is 16.3. The van der Waals surface area contributed by atoms with Crippen molar-refractivity contribution in [2.45, 2.75) is 32.2 Å². The molecule has 0 bridgehead atoms. The van der Waals surface area contributed by atoms with Crippen LogP contribution in [0.5, 0.6) is 5.75 Å². The van der Waals surface area contributed by atoms with Gasteiger partial charge < -0.3 is 15.4 Å². The first-order chi connectivity index (χ1) is 10.5. The van der Waals surface area contributed by atoms with Crippen molar-refractivity contribution in [3.05, 3.63) is 30.1 Å². The van der Waals surface area contributed by atoms with Crippen LogP contribution in [-0.2, 0) is 9.59 Å². The molecule has 2 atom stereocenters. The van der Waals surface area contributed by atoms with Gasteiger partial charge in [0.15, 0.2) is 0 Å². The Kier molecular flexibility index (Phi) is 5.35. The summed E-state index contributed by atoms with van der Waals surface area (Å²) >= 11 is 0. The summed E-state index contributed by atoms with van der Waals surface area (Å²) < 4.78 is 18.4. The Bertz CT molecular complexity index is 550. The second-order valence-corrected chi connectivity index (χ2v) is 5.69. The topological polar surface area (TPSA) is 72.6 Å². The minimum absolute atomic E-state index is 0.134. The molecular formula is C16H21FN2O3. The fourth-order valence-electron chi connectivity index (χ4n) is 2.67. The van der Waals surface area contributed by atoms with Crippen LogP contribution in [0.15, 0.2) is 24.3 Å². The Morgan fingerprint density at radius 1 is 1.45 bits per heavy atom. The van der Waals surface area contributed by atoms with Crippen molar-refractivity contribution < 1.29 is 18.7 Å². The zero-order valence-electron chi connectivity index (χ0n) is 12.6. The molecule has 1 aromatic rings. The van der Waals surface area contributed by atoms with E-state index in [2.05, 4.69) is 0 Å². The van der Waals surface area contributed by atoms with E-state index in [1.807, 2.05) is 6.92 Å². The van der Waals surface area contributed by atoms with Crippen LogP contribution in [0.1, 0.15) is 26.2 Å². The standard InChI is InChI=1S/C16H21FN2O3/c1-11-5-7-19(14(9-11)16(18)21)15(20)6-8-22-13-4-2-3-12(17)10-13/h2-4,10-11,14H,5-9H2,1H3,(H2,18,21)/t11-,14+/m1/s1. The second-order valence-electron chi connectivity index (χ2n) is 5.69. The number of carbonyl (C=O) groups excluding carboxylic acids is 2. The van der Waals surface area contributed by atoms with Gasteiger partial charge in [0.1, 0.15) is 17.6 Å². The van der Waals surface area contributed by atoms with Crippen molar-refractivity contribution >= 4 is 11.8 Å². The molecule has 1 heterocycles. The molecule has 1 aliphatic rings. The molecule has 2 N–H and O–H groups in total. The van der Waals surface area contributed by atoms with Gasteiger partial charge in [-0.1, -0.05) is 13.0 Å². The van der Waals surface area contributed by atoms with Crippen LogP contribution in [0, 0.1) is 11.7 Å². The Labute approximate surface area is 129 Å². The van der Waals surface area contributed by atoms with Crippen LogP contribution < -0.4 is 10.5 Å². The Hall–Kier alpha value is -2.11. The number of benzene rings is 1. The molecule has 1 aliphatic heterocycles. The summed E-state index contributed by atoms with van der Waals surface area (Å²) in [6.45, 7) is 2.72. The van der Waals surface area contributed by atoms with Crippen molar-refractivity contribution in [2.75, 3.05) is 13.2 Å². The molecule has 22 heavy (non-hydrogen) atoms. The van der Waals surface area contributed by atoms with Gasteiger partial charge in [-0.2, -0.15) is 0 Å². The smallest absolute Gasteiger partial charge is 0.240 e. The van der Waals surface area contributed by atoms with Crippen molar-refractivity contribution in [1.29, 1.82) is 0 Å². The highest BCUT2D eigenvalue weighted by Gasteiger charge is 2.33. The van der Waals surface area contributed by atoms with E-state index in [4.69, 9.17) is 10.5 Å².